The molecule has 0 radical (unpaired) electrons. The Labute approximate surface area is 235 Å². The number of nitrogens with one attached hydrogen (secondary N) is 4. The number of benzene rings is 3. The first-order valence-corrected chi connectivity index (χ1v) is 14.8. The fourth-order valence-electron chi connectivity index (χ4n) is 6.98. The average molecular weight is 529 g/mol. The van der Waals surface area contributed by atoms with E-state index in [9.17, 15) is 0 Å². The van der Waals surface area contributed by atoms with E-state index in [1.807, 2.05) is 6.20 Å². The fraction of sp³-hybridized carbons (Fsp3) is 0.353. The van der Waals surface area contributed by atoms with Crippen LogP contribution in [0, 0.1) is 11.8 Å². The highest BCUT2D eigenvalue weighted by atomic mass is 15.1. The van der Waals surface area contributed by atoms with E-state index in [0.29, 0.717) is 30.1 Å². The van der Waals surface area contributed by atoms with Crippen LogP contribution in [0.15, 0.2) is 73.1 Å². The zero-order valence-corrected chi connectivity index (χ0v) is 23.1. The molecule has 6 atom stereocenters. The molecule has 6 nitrogen and oxygen atoms in total. The van der Waals surface area contributed by atoms with Crippen LogP contribution in [0.5, 0.6) is 0 Å². The summed E-state index contributed by atoms with van der Waals surface area (Å²) in [5, 5.41) is 9.87. The maximum Gasteiger partial charge on any atom is 0.124 e. The minimum atomic E-state index is 0.306. The molecule has 202 valence electrons. The first kappa shape index (κ1) is 24.1. The molecule has 2 aliphatic heterocycles. The van der Waals surface area contributed by atoms with Crippen molar-refractivity contribution in [2.24, 2.45) is 11.8 Å². The Bertz CT molecular complexity index is 1680. The second-order valence-electron chi connectivity index (χ2n) is 12.3. The van der Waals surface area contributed by atoms with Crippen LogP contribution < -0.4 is 10.6 Å². The Morgan fingerprint density at radius 2 is 1.27 bits per heavy atom. The molecule has 0 bridgehead atoms. The molecule has 1 saturated carbocycles. The van der Waals surface area contributed by atoms with Crippen LogP contribution >= 0.6 is 0 Å². The highest BCUT2D eigenvalue weighted by Crippen LogP contribution is 2.42. The lowest BCUT2D eigenvalue weighted by atomic mass is 9.80. The molecule has 5 aromatic rings. The van der Waals surface area contributed by atoms with Gasteiger partial charge >= 0.3 is 0 Å². The number of imidazole rings is 2. The van der Waals surface area contributed by atoms with E-state index >= 15 is 0 Å². The van der Waals surface area contributed by atoms with Crippen molar-refractivity contribution >= 4 is 10.8 Å². The van der Waals surface area contributed by atoms with Gasteiger partial charge in [-0.15, -0.1) is 0 Å². The molecular formula is C34H36N6. The summed E-state index contributed by atoms with van der Waals surface area (Å²) in [6.45, 7) is 4.56. The van der Waals surface area contributed by atoms with Gasteiger partial charge in [-0.1, -0.05) is 49.4 Å². The van der Waals surface area contributed by atoms with Gasteiger partial charge in [0.25, 0.3) is 0 Å². The van der Waals surface area contributed by atoms with E-state index < -0.39 is 0 Å². The minimum absolute atomic E-state index is 0.306. The summed E-state index contributed by atoms with van der Waals surface area (Å²) in [7, 11) is 0. The largest absolute Gasteiger partial charge is 0.347 e. The molecule has 40 heavy (non-hydrogen) atoms. The van der Waals surface area contributed by atoms with Crippen molar-refractivity contribution in [3.05, 3.63) is 84.7 Å². The van der Waals surface area contributed by atoms with Crippen LogP contribution in [0.2, 0.25) is 0 Å². The average Bonchev–Trinajstić information content (AvgIpc) is 3.76. The highest BCUT2D eigenvalue weighted by Gasteiger charge is 2.41. The standard InChI is InChI=1S/C34H36N6/c1-19-12-29(37-20(19)2)33-35-18-32(40-33)26-9-8-23-13-22(6-7-24(23)15-26)21-4-3-5-25(14-21)31-17-36-34(39-31)30-16-27-10-11-28(27)38-30/h3-9,13-15,17-20,27-30,37-38H,10-12,16H2,1-2H3,(H,35,40)(H,36,39)/t19-,20-,27-,28-,29?,30+/m1/s1. The van der Waals surface area contributed by atoms with Crippen LogP contribution in [0.1, 0.15) is 63.3 Å². The van der Waals surface area contributed by atoms with Gasteiger partial charge in [0.05, 0.1) is 23.5 Å². The summed E-state index contributed by atoms with van der Waals surface area (Å²) < 4.78 is 0. The fourth-order valence-corrected chi connectivity index (χ4v) is 6.98. The summed E-state index contributed by atoms with van der Waals surface area (Å²) >= 11 is 0. The van der Waals surface area contributed by atoms with Gasteiger partial charge in [-0.25, -0.2) is 9.97 Å². The van der Waals surface area contributed by atoms with E-state index in [-0.39, 0.29) is 0 Å². The van der Waals surface area contributed by atoms with Crippen LogP contribution in [0.4, 0.5) is 0 Å². The van der Waals surface area contributed by atoms with Crippen molar-refractivity contribution in [3.8, 4) is 33.6 Å². The van der Waals surface area contributed by atoms with Gasteiger partial charge in [0.2, 0.25) is 0 Å². The number of H-pyrrole nitrogens is 2. The monoisotopic (exact) mass is 528 g/mol. The predicted molar refractivity (Wildman–Crippen MR) is 161 cm³/mol. The highest BCUT2D eigenvalue weighted by molar-refractivity contribution is 5.90. The molecule has 3 aliphatic rings. The third-order valence-corrected chi connectivity index (χ3v) is 9.78. The minimum Gasteiger partial charge on any atom is -0.347 e. The first-order valence-electron chi connectivity index (χ1n) is 14.8. The second-order valence-corrected chi connectivity index (χ2v) is 12.3. The lowest BCUT2D eigenvalue weighted by Crippen LogP contribution is -2.35. The number of aromatic nitrogens is 4. The zero-order chi connectivity index (χ0) is 26.8. The molecule has 6 heteroatoms. The molecule has 0 spiro atoms. The van der Waals surface area contributed by atoms with Crippen molar-refractivity contribution in [2.45, 2.75) is 63.7 Å². The van der Waals surface area contributed by atoms with E-state index in [0.717, 1.165) is 46.5 Å². The Morgan fingerprint density at radius 1 is 0.650 bits per heavy atom. The van der Waals surface area contributed by atoms with Crippen LogP contribution in [0.25, 0.3) is 44.4 Å². The number of rotatable bonds is 5. The molecule has 3 aromatic carbocycles. The van der Waals surface area contributed by atoms with Crippen LogP contribution in [0.3, 0.4) is 0 Å². The first-order chi connectivity index (χ1) is 19.6. The van der Waals surface area contributed by atoms with Gasteiger partial charge in [-0.2, -0.15) is 0 Å². The Hall–Kier alpha value is -3.74. The molecule has 4 heterocycles. The summed E-state index contributed by atoms with van der Waals surface area (Å²) in [5.74, 6) is 3.61. The summed E-state index contributed by atoms with van der Waals surface area (Å²) in [4.78, 5) is 16.8. The SMILES string of the molecule is C[C@@H]1CC(c2nc(-c3ccc4cc(-c5cccc(-c6c[nH]c([C@@H]7C[C@H]8CC[C@H]8N7)n6)c5)ccc4c3)c[nH]2)N[C@@H]1C. The molecule has 4 N–H and O–H groups in total. The van der Waals surface area contributed by atoms with E-state index in [1.165, 1.54) is 41.2 Å². The number of aromatic amines is 2. The topological polar surface area (TPSA) is 81.4 Å². The number of fused-ring (bicyclic) bond motifs is 2. The summed E-state index contributed by atoms with van der Waals surface area (Å²) in [6, 6.07) is 24.0. The molecule has 2 saturated heterocycles. The number of nitrogens with zero attached hydrogens (tertiary/aromatic N) is 2. The van der Waals surface area contributed by atoms with Crippen molar-refractivity contribution in [2.75, 3.05) is 0 Å². The van der Waals surface area contributed by atoms with Gasteiger partial charge in [0.1, 0.15) is 11.6 Å². The van der Waals surface area contributed by atoms with Gasteiger partial charge in [0.15, 0.2) is 0 Å². The maximum atomic E-state index is 4.99. The molecule has 1 aliphatic carbocycles. The normalized spacial score (nSPS) is 27.6. The van der Waals surface area contributed by atoms with Gasteiger partial charge in [-0.05, 0) is 84.5 Å². The van der Waals surface area contributed by atoms with Crippen molar-refractivity contribution in [1.29, 1.82) is 0 Å². The van der Waals surface area contributed by atoms with Crippen LogP contribution in [-0.2, 0) is 0 Å². The summed E-state index contributed by atoms with van der Waals surface area (Å²) in [5.41, 5.74) is 6.72. The van der Waals surface area contributed by atoms with Crippen molar-refractivity contribution in [1.82, 2.24) is 30.6 Å². The second kappa shape index (κ2) is 9.43. The number of hydrogen-bond acceptors (Lipinski definition) is 4. The third kappa shape index (κ3) is 4.18. The zero-order valence-electron chi connectivity index (χ0n) is 23.1. The van der Waals surface area contributed by atoms with E-state index in [1.54, 1.807) is 0 Å². The van der Waals surface area contributed by atoms with Crippen molar-refractivity contribution in [3.63, 3.8) is 0 Å². The lowest BCUT2D eigenvalue weighted by molar-refractivity contribution is 0.276. The van der Waals surface area contributed by atoms with Gasteiger partial charge in [0, 0.05) is 35.6 Å². The molecular weight excluding hydrogens is 492 g/mol. The molecule has 2 aromatic heterocycles. The molecule has 8 rings (SSSR count). The van der Waals surface area contributed by atoms with Gasteiger partial charge in [-0.3, -0.25) is 0 Å². The Morgan fingerprint density at radius 3 is 1.90 bits per heavy atom. The maximum absolute atomic E-state index is 4.99. The van der Waals surface area contributed by atoms with Crippen LogP contribution in [-0.4, -0.2) is 32.0 Å². The quantitative estimate of drug-likeness (QED) is 0.195. The third-order valence-electron chi connectivity index (χ3n) is 9.78. The lowest BCUT2D eigenvalue weighted by Gasteiger charge is -2.29. The molecule has 0 amide bonds. The Balaban J connectivity index is 1.03. The van der Waals surface area contributed by atoms with E-state index in [2.05, 4.69) is 101 Å². The molecule has 1 unspecified atom stereocenters. The Kier molecular flexibility index (Phi) is 5.68. The van der Waals surface area contributed by atoms with Gasteiger partial charge < -0.3 is 20.6 Å². The molecule has 3 fully saturated rings. The van der Waals surface area contributed by atoms with E-state index in [4.69, 9.17) is 9.97 Å². The number of hydrogen-bond donors (Lipinski definition) is 4. The van der Waals surface area contributed by atoms with Crippen molar-refractivity contribution < 1.29 is 0 Å². The smallest absolute Gasteiger partial charge is 0.124 e. The predicted octanol–water partition coefficient (Wildman–Crippen LogP) is 7.16. The summed E-state index contributed by atoms with van der Waals surface area (Å²) in [6.07, 6.45) is 9.09.